The quantitative estimate of drug-likeness (QED) is 0.745. The Labute approximate surface area is 167 Å². The smallest absolute Gasteiger partial charge is 0.250 e. The second-order valence-electron chi connectivity index (χ2n) is 8.37. The number of hydrogen-bond acceptors (Lipinski definition) is 6. The van der Waals surface area contributed by atoms with Gasteiger partial charge in [-0.05, 0) is 63.6 Å². The maximum Gasteiger partial charge on any atom is 0.250 e. The zero-order chi connectivity index (χ0) is 20.5. The number of phenols is 1. The first-order valence-electron chi connectivity index (χ1n) is 10.1. The van der Waals surface area contributed by atoms with Gasteiger partial charge in [0, 0.05) is 38.3 Å². The Morgan fingerprint density at radius 3 is 2.50 bits per heavy atom. The summed E-state index contributed by atoms with van der Waals surface area (Å²) in [5.41, 5.74) is 3.82. The number of nitrogens with two attached hydrogens (primary N) is 1. The van der Waals surface area contributed by atoms with E-state index in [0.717, 1.165) is 66.9 Å². The second-order valence-corrected chi connectivity index (χ2v) is 8.37. The van der Waals surface area contributed by atoms with Crippen LogP contribution in [0.4, 0.5) is 0 Å². The summed E-state index contributed by atoms with van der Waals surface area (Å²) in [4.78, 5) is 20.5. The van der Waals surface area contributed by atoms with E-state index in [9.17, 15) is 9.90 Å². The lowest BCUT2D eigenvalue weighted by atomic mass is 9.85. The van der Waals surface area contributed by atoms with Gasteiger partial charge in [-0.25, -0.2) is 5.90 Å². The Bertz CT molecular complexity index is 744. The molecule has 0 bridgehead atoms. The minimum atomic E-state index is -0.214. The molecule has 2 aliphatic rings. The van der Waals surface area contributed by atoms with Crippen molar-refractivity contribution in [3.63, 3.8) is 0 Å². The van der Waals surface area contributed by atoms with Crippen molar-refractivity contribution in [1.29, 1.82) is 0 Å². The lowest BCUT2D eigenvalue weighted by Gasteiger charge is -2.40. The van der Waals surface area contributed by atoms with Crippen LogP contribution < -0.4 is 10.6 Å². The van der Waals surface area contributed by atoms with Crippen LogP contribution in [0.25, 0.3) is 0 Å². The van der Waals surface area contributed by atoms with Gasteiger partial charge in [-0.3, -0.25) is 14.5 Å². The second kappa shape index (κ2) is 8.27. The van der Waals surface area contributed by atoms with Gasteiger partial charge < -0.3 is 14.7 Å². The summed E-state index contributed by atoms with van der Waals surface area (Å²) in [6.07, 6.45) is 2.80. The molecule has 1 amide bonds. The highest BCUT2D eigenvalue weighted by atomic mass is 16.6. The summed E-state index contributed by atoms with van der Waals surface area (Å²) in [6, 6.07) is 0. The van der Waals surface area contributed by atoms with Gasteiger partial charge in [0.1, 0.15) is 23.7 Å². The monoisotopic (exact) mass is 391 g/mol. The molecule has 156 valence electrons. The third-order valence-corrected chi connectivity index (χ3v) is 6.48. The van der Waals surface area contributed by atoms with E-state index in [-0.39, 0.29) is 18.1 Å². The Balaban J connectivity index is 1.59. The number of piperazine rings is 1. The van der Waals surface area contributed by atoms with Crippen molar-refractivity contribution in [3.8, 4) is 11.5 Å². The lowest BCUT2D eigenvalue weighted by molar-refractivity contribution is -0.138. The molecular weight excluding hydrogens is 358 g/mol. The van der Waals surface area contributed by atoms with Gasteiger partial charge in [0.2, 0.25) is 0 Å². The van der Waals surface area contributed by atoms with Crippen LogP contribution >= 0.6 is 0 Å². The third-order valence-electron chi connectivity index (χ3n) is 6.48. The SMILES string of the molecule is Cc1c(C)c2c(c(C)c1O)CCC(C)(CCN1CCN(C(=O)CON)CC1)O2. The number of hydrogen-bond donors (Lipinski definition) is 2. The van der Waals surface area contributed by atoms with Crippen LogP contribution in [0.3, 0.4) is 0 Å². The molecule has 1 fully saturated rings. The highest BCUT2D eigenvalue weighted by Crippen LogP contribution is 2.44. The molecule has 3 rings (SSSR count). The van der Waals surface area contributed by atoms with Crippen LogP contribution in [0.1, 0.15) is 42.0 Å². The van der Waals surface area contributed by atoms with Crippen molar-refractivity contribution in [2.45, 2.75) is 52.6 Å². The van der Waals surface area contributed by atoms with E-state index in [0.29, 0.717) is 18.8 Å². The number of phenolic OH excluding ortho intramolecular Hbond substituents is 1. The Kier molecular flexibility index (Phi) is 6.17. The van der Waals surface area contributed by atoms with Crippen molar-refractivity contribution < 1.29 is 19.5 Å². The van der Waals surface area contributed by atoms with Gasteiger partial charge in [0.05, 0.1) is 0 Å². The molecule has 1 unspecified atom stereocenters. The maximum absolute atomic E-state index is 11.9. The van der Waals surface area contributed by atoms with E-state index in [1.54, 1.807) is 4.90 Å². The number of amides is 1. The molecule has 2 heterocycles. The molecular formula is C21H33N3O4. The molecule has 1 aromatic rings. The van der Waals surface area contributed by atoms with Gasteiger partial charge in [0.25, 0.3) is 5.91 Å². The molecule has 0 saturated carbocycles. The normalized spacial score (nSPS) is 22.7. The number of aromatic hydroxyl groups is 1. The van der Waals surface area contributed by atoms with Crippen LogP contribution in [0.2, 0.25) is 0 Å². The summed E-state index contributed by atoms with van der Waals surface area (Å²) in [5, 5.41) is 10.3. The van der Waals surface area contributed by atoms with Crippen LogP contribution in [0.15, 0.2) is 0 Å². The van der Waals surface area contributed by atoms with E-state index >= 15 is 0 Å². The van der Waals surface area contributed by atoms with Crippen molar-refractivity contribution >= 4 is 5.91 Å². The maximum atomic E-state index is 11.9. The van der Waals surface area contributed by atoms with E-state index in [2.05, 4.69) is 16.7 Å². The number of carbonyl (C=O) groups excluding carboxylic acids is 1. The number of nitrogens with zero attached hydrogens (tertiary/aromatic N) is 2. The van der Waals surface area contributed by atoms with E-state index in [1.165, 1.54) is 0 Å². The fraction of sp³-hybridized carbons (Fsp3) is 0.667. The predicted molar refractivity (Wildman–Crippen MR) is 107 cm³/mol. The van der Waals surface area contributed by atoms with E-state index in [4.69, 9.17) is 10.6 Å². The molecule has 28 heavy (non-hydrogen) atoms. The number of ether oxygens (including phenoxy) is 1. The first-order valence-corrected chi connectivity index (χ1v) is 10.1. The van der Waals surface area contributed by atoms with E-state index in [1.807, 2.05) is 20.8 Å². The highest BCUT2D eigenvalue weighted by Gasteiger charge is 2.35. The minimum absolute atomic E-state index is 0.0502. The van der Waals surface area contributed by atoms with Crippen LogP contribution in [0.5, 0.6) is 11.5 Å². The molecule has 0 radical (unpaired) electrons. The van der Waals surface area contributed by atoms with Crippen molar-refractivity contribution in [2.24, 2.45) is 5.90 Å². The molecule has 1 atom stereocenters. The summed E-state index contributed by atoms with van der Waals surface area (Å²) in [5.74, 6) is 6.30. The summed E-state index contributed by atoms with van der Waals surface area (Å²) >= 11 is 0. The van der Waals surface area contributed by atoms with Gasteiger partial charge in [-0.15, -0.1) is 0 Å². The molecule has 7 nitrogen and oxygen atoms in total. The van der Waals surface area contributed by atoms with Crippen molar-refractivity contribution in [1.82, 2.24) is 9.80 Å². The molecule has 1 aromatic carbocycles. The molecule has 2 aliphatic heterocycles. The van der Waals surface area contributed by atoms with E-state index < -0.39 is 0 Å². The average Bonchev–Trinajstić information content (AvgIpc) is 2.70. The van der Waals surface area contributed by atoms with Gasteiger partial charge in [-0.2, -0.15) is 0 Å². The molecule has 0 aromatic heterocycles. The number of carbonyl (C=O) groups is 1. The van der Waals surface area contributed by atoms with Gasteiger partial charge in [0.15, 0.2) is 0 Å². The number of benzene rings is 1. The van der Waals surface area contributed by atoms with Gasteiger partial charge in [-0.1, -0.05) is 0 Å². The standard InChI is InChI=1S/C21H33N3O4/c1-14-15(2)20-17(16(3)19(14)26)5-6-21(4,28-20)7-8-23-9-11-24(12-10-23)18(25)13-27-22/h26H,5-13,22H2,1-4H3. The molecule has 3 N–H and O–H groups in total. The molecule has 1 saturated heterocycles. The molecule has 7 heteroatoms. The number of fused-ring (bicyclic) bond motifs is 1. The first-order chi connectivity index (χ1) is 13.3. The Morgan fingerprint density at radius 1 is 1.18 bits per heavy atom. The molecule has 0 spiro atoms. The zero-order valence-electron chi connectivity index (χ0n) is 17.5. The summed E-state index contributed by atoms with van der Waals surface area (Å²) in [7, 11) is 0. The molecule has 0 aliphatic carbocycles. The van der Waals surface area contributed by atoms with Crippen LogP contribution in [0, 0.1) is 20.8 Å². The highest BCUT2D eigenvalue weighted by molar-refractivity contribution is 5.77. The minimum Gasteiger partial charge on any atom is -0.507 e. The lowest BCUT2D eigenvalue weighted by Crippen LogP contribution is -2.51. The first kappa shape index (κ1) is 20.9. The largest absolute Gasteiger partial charge is 0.507 e. The predicted octanol–water partition coefficient (Wildman–Crippen LogP) is 1.83. The fourth-order valence-electron chi connectivity index (χ4n) is 4.25. The van der Waals surface area contributed by atoms with Gasteiger partial charge >= 0.3 is 0 Å². The van der Waals surface area contributed by atoms with Crippen molar-refractivity contribution in [2.75, 3.05) is 39.3 Å². The van der Waals surface area contributed by atoms with Crippen LogP contribution in [-0.4, -0.2) is 65.7 Å². The third kappa shape index (κ3) is 4.11. The topological polar surface area (TPSA) is 88.3 Å². The fourth-order valence-corrected chi connectivity index (χ4v) is 4.25. The summed E-state index contributed by atoms with van der Waals surface area (Å²) in [6.45, 7) is 12.1. The average molecular weight is 392 g/mol. The zero-order valence-corrected chi connectivity index (χ0v) is 17.5. The van der Waals surface area contributed by atoms with Crippen molar-refractivity contribution in [3.05, 3.63) is 22.3 Å². The van der Waals surface area contributed by atoms with Crippen LogP contribution in [-0.2, 0) is 16.1 Å². The summed E-state index contributed by atoms with van der Waals surface area (Å²) < 4.78 is 6.52. The number of rotatable bonds is 5. The Morgan fingerprint density at radius 2 is 1.86 bits per heavy atom. The Hall–Kier alpha value is -1.83.